The zero-order valence-electron chi connectivity index (χ0n) is 22.4. The van der Waals surface area contributed by atoms with Gasteiger partial charge in [0.25, 0.3) is 0 Å². The Bertz CT molecular complexity index is 1400. The SMILES string of the molecule is CCc1cccc(C)c1N(C(=O)Cn1c(-c2ccc(OC)c(OC)c2)nc2ccccc21)C(C)COC. The van der Waals surface area contributed by atoms with Crippen LogP contribution in [0.25, 0.3) is 22.4 Å². The maximum absolute atomic E-state index is 14.2. The maximum atomic E-state index is 14.2. The molecule has 7 nitrogen and oxygen atoms in total. The minimum Gasteiger partial charge on any atom is -0.493 e. The third-order valence-electron chi connectivity index (χ3n) is 6.65. The lowest BCUT2D eigenvalue weighted by molar-refractivity contribution is -0.119. The van der Waals surface area contributed by atoms with Crippen LogP contribution in [0.2, 0.25) is 0 Å². The van der Waals surface area contributed by atoms with E-state index in [2.05, 4.69) is 26.0 Å². The van der Waals surface area contributed by atoms with Gasteiger partial charge in [-0.1, -0.05) is 37.3 Å². The van der Waals surface area contributed by atoms with E-state index in [4.69, 9.17) is 19.2 Å². The molecule has 1 heterocycles. The number of aryl methyl sites for hydroxylation is 2. The van der Waals surface area contributed by atoms with Crippen molar-refractivity contribution in [2.45, 2.75) is 39.8 Å². The molecule has 4 rings (SSSR count). The molecule has 3 aromatic carbocycles. The Balaban J connectivity index is 1.84. The first-order chi connectivity index (χ1) is 17.9. The topological polar surface area (TPSA) is 65.8 Å². The summed E-state index contributed by atoms with van der Waals surface area (Å²) in [6.45, 7) is 6.73. The fourth-order valence-electron chi connectivity index (χ4n) is 4.90. The van der Waals surface area contributed by atoms with Gasteiger partial charge in [-0.2, -0.15) is 0 Å². The molecule has 4 aromatic rings. The van der Waals surface area contributed by atoms with E-state index < -0.39 is 0 Å². The van der Waals surface area contributed by atoms with E-state index in [1.807, 2.05) is 64.9 Å². The summed E-state index contributed by atoms with van der Waals surface area (Å²) in [6.07, 6.45) is 0.825. The average molecular weight is 502 g/mol. The molecule has 1 amide bonds. The second-order valence-electron chi connectivity index (χ2n) is 9.08. The first kappa shape index (κ1) is 26.2. The van der Waals surface area contributed by atoms with Crippen LogP contribution in [-0.4, -0.2) is 49.4 Å². The Morgan fingerprint density at radius 1 is 1.00 bits per heavy atom. The van der Waals surface area contributed by atoms with Crippen molar-refractivity contribution >= 4 is 22.6 Å². The van der Waals surface area contributed by atoms with E-state index in [0.717, 1.165) is 39.8 Å². The fraction of sp³-hybridized carbons (Fsp3) is 0.333. The minimum atomic E-state index is -0.150. The highest BCUT2D eigenvalue weighted by atomic mass is 16.5. The summed E-state index contributed by atoms with van der Waals surface area (Å²) in [4.78, 5) is 21.0. The Kier molecular flexibility index (Phi) is 8.14. The summed E-state index contributed by atoms with van der Waals surface area (Å²) >= 11 is 0. The molecule has 0 aliphatic heterocycles. The van der Waals surface area contributed by atoms with Crippen LogP contribution >= 0.6 is 0 Å². The first-order valence-electron chi connectivity index (χ1n) is 12.5. The zero-order chi connectivity index (χ0) is 26.5. The van der Waals surface area contributed by atoms with Crippen molar-refractivity contribution in [3.63, 3.8) is 0 Å². The summed E-state index contributed by atoms with van der Waals surface area (Å²) in [5.41, 5.74) is 5.69. The number of imidazole rings is 1. The lowest BCUT2D eigenvalue weighted by atomic mass is 10.0. The number of carbonyl (C=O) groups excluding carboxylic acids is 1. The second kappa shape index (κ2) is 11.5. The van der Waals surface area contributed by atoms with Gasteiger partial charge in [0.15, 0.2) is 11.5 Å². The monoisotopic (exact) mass is 501 g/mol. The molecular weight excluding hydrogens is 466 g/mol. The van der Waals surface area contributed by atoms with Gasteiger partial charge in [0, 0.05) is 12.7 Å². The van der Waals surface area contributed by atoms with E-state index in [9.17, 15) is 4.79 Å². The van der Waals surface area contributed by atoms with Crippen molar-refractivity contribution in [3.8, 4) is 22.9 Å². The Hall–Kier alpha value is -3.84. The van der Waals surface area contributed by atoms with Crippen LogP contribution in [0.15, 0.2) is 60.7 Å². The molecule has 1 atom stereocenters. The number of anilines is 1. The van der Waals surface area contributed by atoms with Crippen LogP contribution < -0.4 is 14.4 Å². The molecule has 0 bridgehead atoms. The van der Waals surface area contributed by atoms with Gasteiger partial charge in [0.05, 0.1) is 43.6 Å². The maximum Gasteiger partial charge on any atom is 0.247 e. The van der Waals surface area contributed by atoms with Crippen LogP contribution in [0.4, 0.5) is 5.69 Å². The number of nitrogens with zero attached hydrogens (tertiary/aromatic N) is 3. The number of para-hydroxylation sites is 3. The molecule has 1 aromatic heterocycles. The molecule has 7 heteroatoms. The van der Waals surface area contributed by atoms with E-state index in [1.54, 1.807) is 21.3 Å². The van der Waals surface area contributed by atoms with Gasteiger partial charge >= 0.3 is 0 Å². The number of benzene rings is 3. The molecule has 1 unspecified atom stereocenters. The number of rotatable bonds is 10. The Morgan fingerprint density at radius 3 is 2.46 bits per heavy atom. The molecule has 0 radical (unpaired) electrons. The predicted octanol–water partition coefficient (Wildman–Crippen LogP) is 5.66. The summed E-state index contributed by atoms with van der Waals surface area (Å²) < 4.78 is 18.4. The minimum absolute atomic E-state index is 0.0292. The molecule has 194 valence electrons. The molecule has 0 aliphatic carbocycles. The molecule has 0 N–H and O–H groups in total. The molecule has 37 heavy (non-hydrogen) atoms. The largest absolute Gasteiger partial charge is 0.493 e. The highest BCUT2D eigenvalue weighted by Crippen LogP contribution is 2.34. The van der Waals surface area contributed by atoms with Gasteiger partial charge in [0.1, 0.15) is 12.4 Å². The van der Waals surface area contributed by atoms with Crippen molar-refractivity contribution in [2.75, 3.05) is 32.8 Å². The van der Waals surface area contributed by atoms with E-state index in [-0.39, 0.29) is 18.5 Å². The van der Waals surface area contributed by atoms with Crippen LogP contribution in [0, 0.1) is 6.92 Å². The summed E-state index contributed by atoms with van der Waals surface area (Å²) in [7, 11) is 4.88. The molecule has 0 saturated heterocycles. The third-order valence-corrected chi connectivity index (χ3v) is 6.65. The van der Waals surface area contributed by atoms with E-state index in [0.29, 0.717) is 23.9 Å². The first-order valence-corrected chi connectivity index (χ1v) is 12.5. The van der Waals surface area contributed by atoms with Gasteiger partial charge in [-0.3, -0.25) is 4.79 Å². The quantitative estimate of drug-likeness (QED) is 0.281. The zero-order valence-corrected chi connectivity index (χ0v) is 22.4. The fourth-order valence-corrected chi connectivity index (χ4v) is 4.90. The van der Waals surface area contributed by atoms with Gasteiger partial charge in [-0.05, 0) is 61.7 Å². The number of hydrogen-bond acceptors (Lipinski definition) is 5. The van der Waals surface area contributed by atoms with Gasteiger partial charge in [0.2, 0.25) is 5.91 Å². The predicted molar refractivity (Wildman–Crippen MR) is 148 cm³/mol. The van der Waals surface area contributed by atoms with Crippen molar-refractivity contribution in [1.29, 1.82) is 0 Å². The van der Waals surface area contributed by atoms with Crippen molar-refractivity contribution < 1.29 is 19.0 Å². The van der Waals surface area contributed by atoms with Crippen LogP contribution in [0.3, 0.4) is 0 Å². The van der Waals surface area contributed by atoms with Gasteiger partial charge < -0.3 is 23.7 Å². The standard InChI is InChI=1S/C30H35N3O4/c1-7-22-12-10-11-20(2)29(22)33(21(3)19-35-4)28(34)18-32-25-14-9-8-13-24(25)31-30(32)23-15-16-26(36-5)27(17-23)37-6/h8-17,21H,7,18-19H2,1-6H3. The van der Waals surface area contributed by atoms with E-state index in [1.165, 1.54) is 0 Å². The van der Waals surface area contributed by atoms with Gasteiger partial charge in [-0.15, -0.1) is 0 Å². The van der Waals surface area contributed by atoms with Gasteiger partial charge in [-0.25, -0.2) is 4.98 Å². The lowest BCUT2D eigenvalue weighted by Crippen LogP contribution is -2.44. The third kappa shape index (κ3) is 5.18. The van der Waals surface area contributed by atoms with Crippen LogP contribution in [-0.2, 0) is 22.5 Å². The Labute approximate surface area is 218 Å². The van der Waals surface area contributed by atoms with E-state index >= 15 is 0 Å². The second-order valence-corrected chi connectivity index (χ2v) is 9.08. The average Bonchev–Trinajstić information content (AvgIpc) is 3.27. The molecular formula is C30H35N3O4. The normalized spacial score (nSPS) is 11.9. The van der Waals surface area contributed by atoms with Crippen molar-refractivity contribution in [3.05, 3.63) is 71.8 Å². The summed E-state index contributed by atoms with van der Waals surface area (Å²) in [5, 5.41) is 0. The number of fused-ring (bicyclic) bond motifs is 1. The molecule has 0 saturated carbocycles. The number of methoxy groups -OCH3 is 3. The molecule has 0 spiro atoms. The number of aromatic nitrogens is 2. The number of ether oxygens (including phenoxy) is 3. The van der Waals surface area contributed by atoms with Crippen LogP contribution in [0.1, 0.15) is 25.0 Å². The number of amides is 1. The highest BCUT2D eigenvalue weighted by Gasteiger charge is 2.27. The lowest BCUT2D eigenvalue weighted by Gasteiger charge is -2.32. The highest BCUT2D eigenvalue weighted by molar-refractivity contribution is 5.97. The smallest absolute Gasteiger partial charge is 0.247 e. The summed E-state index contributed by atoms with van der Waals surface area (Å²) in [6, 6.07) is 19.6. The van der Waals surface area contributed by atoms with Crippen molar-refractivity contribution in [2.24, 2.45) is 0 Å². The Morgan fingerprint density at radius 2 is 1.76 bits per heavy atom. The number of hydrogen-bond donors (Lipinski definition) is 0. The molecule has 0 aliphatic rings. The molecule has 0 fully saturated rings. The summed E-state index contributed by atoms with van der Waals surface area (Å²) in [5.74, 6) is 1.90. The van der Waals surface area contributed by atoms with Crippen LogP contribution in [0.5, 0.6) is 11.5 Å². The number of carbonyl (C=O) groups is 1. The van der Waals surface area contributed by atoms with Crippen molar-refractivity contribution in [1.82, 2.24) is 9.55 Å².